The minimum Gasteiger partial charge on any atom is -0.481 e. The Balaban J connectivity index is 3.85. The number of rotatable bonds is 11. The van der Waals surface area contributed by atoms with Gasteiger partial charge in [-0.25, -0.2) is 4.79 Å². The lowest BCUT2D eigenvalue weighted by molar-refractivity contribution is -0.138. The molecule has 0 unspecified atom stereocenters. The molecule has 0 fully saturated rings. The van der Waals surface area contributed by atoms with E-state index in [1.807, 2.05) is 20.8 Å². The van der Waals surface area contributed by atoms with Gasteiger partial charge >= 0.3 is 12.0 Å². The summed E-state index contributed by atoms with van der Waals surface area (Å²) in [7, 11) is 0. The zero-order valence-corrected chi connectivity index (χ0v) is 13.3. The number of carboxylic acids is 1. The molecule has 0 aromatic carbocycles. The predicted molar refractivity (Wildman–Crippen MR) is 82.2 cm³/mol. The quantitative estimate of drug-likeness (QED) is 0.402. The smallest absolute Gasteiger partial charge is 0.314 e. The van der Waals surface area contributed by atoms with Crippen LogP contribution in [-0.4, -0.2) is 43.4 Å². The standard InChI is InChI=1S/C15H28N2O4/c1-11(2)7-13(8-14(18)19)9-17-15(20)16-5-6-21-10-12(3)4/h11,13H,3,5-10H2,1-2,4H3,(H,18,19)(H2,16,17,20)/t13-/m0/s1. The number of urea groups is 1. The lowest BCUT2D eigenvalue weighted by Crippen LogP contribution is -2.40. The zero-order chi connectivity index (χ0) is 16.3. The Morgan fingerprint density at radius 2 is 1.95 bits per heavy atom. The summed E-state index contributed by atoms with van der Waals surface area (Å²) >= 11 is 0. The fourth-order valence-corrected chi connectivity index (χ4v) is 1.94. The van der Waals surface area contributed by atoms with E-state index in [4.69, 9.17) is 9.84 Å². The van der Waals surface area contributed by atoms with Crippen molar-refractivity contribution in [2.75, 3.05) is 26.3 Å². The largest absolute Gasteiger partial charge is 0.481 e. The molecule has 0 aliphatic heterocycles. The molecule has 3 N–H and O–H groups in total. The molecule has 0 heterocycles. The highest BCUT2D eigenvalue weighted by molar-refractivity contribution is 5.74. The second-order valence-corrected chi connectivity index (χ2v) is 5.74. The first kappa shape index (κ1) is 19.4. The van der Waals surface area contributed by atoms with Gasteiger partial charge in [-0.05, 0) is 25.2 Å². The van der Waals surface area contributed by atoms with Gasteiger partial charge in [-0.3, -0.25) is 4.79 Å². The number of hydrogen-bond acceptors (Lipinski definition) is 3. The van der Waals surface area contributed by atoms with Crippen molar-refractivity contribution >= 4 is 12.0 Å². The van der Waals surface area contributed by atoms with Crippen LogP contribution >= 0.6 is 0 Å². The Labute approximate surface area is 126 Å². The molecule has 6 heteroatoms. The van der Waals surface area contributed by atoms with Gasteiger partial charge in [0.25, 0.3) is 0 Å². The SMILES string of the molecule is C=C(C)COCCNC(=O)NC[C@H](CC(=O)O)CC(C)C. The molecule has 21 heavy (non-hydrogen) atoms. The molecule has 1 atom stereocenters. The summed E-state index contributed by atoms with van der Waals surface area (Å²) in [6.45, 7) is 11.3. The molecule has 0 aliphatic carbocycles. The van der Waals surface area contributed by atoms with Gasteiger partial charge in [0.15, 0.2) is 0 Å². The van der Waals surface area contributed by atoms with Crippen LogP contribution in [-0.2, 0) is 9.53 Å². The summed E-state index contributed by atoms with van der Waals surface area (Å²) in [5.41, 5.74) is 0.935. The zero-order valence-electron chi connectivity index (χ0n) is 13.3. The Kier molecular flexibility index (Phi) is 10.3. The minimum absolute atomic E-state index is 0.0482. The fraction of sp³-hybridized carbons (Fsp3) is 0.733. The highest BCUT2D eigenvalue weighted by Gasteiger charge is 2.15. The lowest BCUT2D eigenvalue weighted by Gasteiger charge is -2.18. The Hall–Kier alpha value is -1.56. The van der Waals surface area contributed by atoms with E-state index in [0.717, 1.165) is 12.0 Å². The minimum atomic E-state index is -0.837. The number of nitrogens with one attached hydrogen (secondary N) is 2. The highest BCUT2D eigenvalue weighted by atomic mass is 16.5. The number of carbonyl (C=O) groups excluding carboxylic acids is 1. The molecule has 0 aliphatic rings. The van der Waals surface area contributed by atoms with Gasteiger partial charge in [0, 0.05) is 19.5 Å². The van der Waals surface area contributed by atoms with Crippen molar-refractivity contribution in [2.24, 2.45) is 11.8 Å². The molecule has 0 aromatic heterocycles. The summed E-state index contributed by atoms with van der Waals surface area (Å²) < 4.78 is 5.26. The molecule has 0 aromatic rings. The maximum absolute atomic E-state index is 11.6. The molecular weight excluding hydrogens is 272 g/mol. The summed E-state index contributed by atoms with van der Waals surface area (Å²) in [5, 5.41) is 14.2. The van der Waals surface area contributed by atoms with Crippen LogP contribution < -0.4 is 10.6 Å². The van der Waals surface area contributed by atoms with Crippen molar-refractivity contribution in [1.82, 2.24) is 10.6 Å². The number of aliphatic carboxylic acids is 1. The topological polar surface area (TPSA) is 87.7 Å². The van der Waals surface area contributed by atoms with Gasteiger partial charge in [-0.15, -0.1) is 0 Å². The van der Waals surface area contributed by atoms with E-state index in [1.165, 1.54) is 0 Å². The number of carboxylic acid groups (broad SMARTS) is 1. The predicted octanol–water partition coefficient (Wildman–Crippen LogP) is 2.02. The van der Waals surface area contributed by atoms with E-state index >= 15 is 0 Å². The van der Waals surface area contributed by atoms with Crippen LogP contribution in [0.15, 0.2) is 12.2 Å². The Morgan fingerprint density at radius 3 is 2.48 bits per heavy atom. The lowest BCUT2D eigenvalue weighted by atomic mass is 9.94. The van der Waals surface area contributed by atoms with Crippen molar-refractivity contribution in [3.05, 3.63) is 12.2 Å². The third kappa shape index (κ3) is 13.2. The number of hydrogen-bond donors (Lipinski definition) is 3. The van der Waals surface area contributed by atoms with Crippen LogP contribution in [0.2, 0.25) is 0 Å². The first-order valence-electron chi connectivity index (χ1n) is 7.26. The van der Waals surface area contributed by atoms with Gasteiger partial charge in [0.05, 0.1) is 13.2 Å². The molecule has 0 saturated carbocycles. The summed E-state index contributed by atoms with van der Waals surface area (Å²) in [6, 6.07) is -0.298. The van der Waals surface area contributed by atoms with E-state index in [9.17, 15) is 9.59 Å². The van der Waals surface area contributed by atoms with E-state index in [-0.39, 0.29) is 18.4 Å². The van der Waals surface area contributed by atoms with Gasteiger partial charge in [0.1, 0.15) is 0 Å². The number of amides is 2. The second-order valence-electron chi connectivity index (χ2n) is 5.74. The summed E-state index contributed by atoms with van der Waals surface area (Å²) in [6.07, 6.45) is 0.842. The van der Waals surface area contributed by atoms with Gasteiger partial charge in [-0.2, -0.15) is 0 Å². The van der Waals surface area contributed by atoms with Crippen LogP contribution in [0.5, 0.6) is 0 Å². The summed E-state index contributed by atoms with van der Waals surface area (Å²) in [4.78, 5) is 22.4. The van der Waals surface area contributed by atoms with E-state index in [1.54, 1.807) is 0 Å². The third-order valence-electron chi connectivity index (χ3n) is 2.70. The average molecular weight is 300 g/mol. The van der Waals surface area contributed by atoms with Crippen molar-refractivity contribution in [1.29, 1.82) is 0 Å². The number of carbonyl (C=O) groups is 2. The van der Waals surface area contributed by atoms with Crippen LogP contribution in [0.4, 0.5) is 4.79 Å². The van der Waals surface area contributed by atoms with Crippen molar-refractivity contribution in [3.8, 4) is 0 Å². The van der Waals surface area contributed by atoms with Crippen molar-refractivity contribution < 1.29 is 19.4 Å². The van der Waals surface area contributed by atoms with Crippen LogP contribution in [0.1, 0.15) is 33.6 Å². The molecule has 2 amide bonds. The molecule has 0 rings (SSSR count). The van der Waals surface area contributed by atoms with Crippen LogP contribution in [0.3, 0.4) is 0 Å². The second kappa shape index (κ2) is 11.1. The number of ether oxygens (including phenoxy) is 1. The average Bonchev–Trinajstić information content (AvgIpc) is 2.33. The summed E-state index contributed by atoms with van der Waals surface area (Å²) in [5.74, 6) is -0.487. The maximum Gasteiger partial charge on any atom is 0.314 e. The monoisotopic (exact) mass is 300 g/mol. The van der Waals surface area contributed by atoms with Gasteiger partial charge < -0.3 is 20.5 Å². The molecular formula is C15H28N2O4. The molecule has 0 spiro atoms. The van der Waals surface area contributed by atoms with E-state index < -0.39 is 5.97 Å². The van der Waals surface area contributed by atoms with E-state index in [2.05, 4.69) is 17.2 Å². The van der Waals surface area contributed by atoms with Gasteiger partial charge in [-0.1, -0.05) is 26.0 Å². The Bertz CT molecular complexity index is 343. The van der Waals surface area contributed by atoms with E-state index in [0.29, 0.717) is 32.2 Å². The molecule has 6 nitrogen and oxygen atoms in total. The van der Waals surface area contributed by atoms with Gasteiger partial charge in [0.2, 0.25) is 0 Å². The van der Waals surface area contributed by atoms with Crippen molar-refractivity contribution in [2.45, 2.75) is 33.6 Å². The molecule has 0 saturated heterocycles. The van der Waals surface area contributed by atoms with Crippen molar-refractivity contribution in [3.63, 3.8) is 0 Å². The first-order chi connectivity index (χ1) is 9.81. The molecule has 122 valence electrons. The highest BCUT2D eigenvalue weighted by Crippen LogP contribution is 2.14. The molecule has 0 bridgehead atoms. The fourth-order valence-electron chi connectivity index (χ4n) is 1.94. The maximum atomic E-state index is 11.6. The third-order valence-corrected chi connectivity index (χ3v) is 2.70. The normalized spacial score (nSPS) is 12.0. The van der Waals surface area contributed by atoms with Crippen LogP contribution in [0, 0.1) is 11.8 Å². The van der Waals surface area contributed by atoms with Crippen LogP contribution in [0.25, 0.3) is 0 Å². The Morgan fingerprint density at radius 1 is 1.29 bits per heavy atom. The molecule has 0 radical (unpaired) electrons. The first-order valence-corrected chi connectivity index (χ1v) is 7.26.